The van der Waals surface area contributed by atoms with Crippen LogP contribution in [0.4, 0.5) is 0 Å². The van der Waals surface area contributed by atoms with Gasteiger partial charge >= 0.3 is 5.97 Å². The summed E-state index contributed by atoms with van der Waals surface area (Å²) in [4.78, 5) is 13.4. The number of rotatable bonds is 5. The van der Waals surface area contributed by atoms with E-state index in [4.69, 9.17) is 27.7 Å². The van der Waals surface area contributed by atoms with Crippen molar-refractivity contribution in [3.8, 4) is 0 Å². The minimum atomic E-state index is -0.988. The molecule has 1 aromatic carbocycles. The van der Waals surface area contributed by atoms with Crippen LogP contribution in [0.15, 0.2) is 22.7 Å². The average Bonchev–Trinajstić information content (AvgIpc) is 2.73. The maximum absolute atomic E-state index is 11.7. The van der Waals surface area contributed by atoms with Gasteiger partial charge in [0.05, 0.1) is 5.69 Å². The summed E-state index contributed by atoms with van der Waals surface area (Å²) in [5.74, 6) is -0.311. The van der Waals surface area contributed by atoms with Crippen molar-refractivity contribution in [2.24, 2.45) is 0 Å². The molecule has 0 spiro atoms. The Bertz CT molecular complexity index is 681. The summed E-state index contributed by atoms with van der Waals surface area (Å²) < 4.78 is 5.11. The van der Waals surface area contributed by atoms with Gasteiger partial charge in [-0.05, 0) is 38.6 Å². The Morgan fingerprint density at radius 2 is 2.09 bits per heavy atom. The van der Waals surface area contributed by atoms with E-state index in [9.17, 15) is 9.90 Å². The molecule has 0 fully saturated rings. The fourth-order valence-corrected chi connectivity index (χ4v) is 2.86. The summed E-state index contributed by atoms with van der Waals surface area (Å²) >= 11 is 12.0. The molecule has 7 heteroatoms. The minimum Gasteiger partial charge on any atom is -0.480 e. The van der Waals surface area contributed by atoms with E-state index in [2.05, 4.69) is 5.16 Å². The van der Waals surface area contributed by atoms with Crippen LogP contribution in [0.25, 0.3) is 0 Å². The van der Waals surface area contributed by atoms with Crippen LogP contribution in [0.3, 0.4) is 0 Å². The molecule has 1 N–H and O–H groups in total. The highest BCUT2D eigenvalue weighted by Gasteiger charge is 2.28. The molecule has 0 aliphatic heterocycles. The van der Waals surface area contributed by atoms with Gasteiger partial charge in [-0.2, -0.15) is 0 Å². The standard InChI is InChI=1S/C15H16Cl2N2O3/c1-8-12(9(2)22-18-8)7-19(3)14(15(20)21)11-5-4-10(16)6-13(11)17/h4-6,14H,7H2,1-3H3,(H,20,21). The lowest BCUT2D eigenvalue weighted by Gasteiger charge is -2.25. The number of halogens is 2. The number of benzene rings is 1. The fraction of sp³-hybridized carbons (Fsp3) is 0.333. The average molecular weight is 343 g/mol. The molecule has 1 aromatic heterocycles. The number of likely N-dealkylation sites (N-methyl/N-ethyl adjacent to an activating group) is 1. The first-order valence-corrected chi connectivity index (χ1v) is 7.36. The van der Waals surface area contributed by atoms with Gasteiger partial charge in [0, 0.05) is 22.2 Å². The van der Waals surface area contributed by atoms with Gasteiger partial charge in [0.15, 0.2) is 0 Å². The van der Waals surface area contributed by atoms with E-state index in [0.29, 0.717) is 27.9 Å². The van der Waals surface area contributed by atoms with Crippen LogP contribution in [0.2, 0.25) is 10.0 Å². The van der Waals surface area contributed by atoms with Gasteiger partial charge in [0.1, 0.15) is 11.8 Å². The third-order valence-electron chi connectivity index (χ3n) is 3.52. The Labute approximate surface area is 138 Å². The van der Waals surface area contributed by atoms with Crippen LogP contribution in [0, 0.1) is 13.8 Å². The van der Waals surface area contributed by atoms with E-state index in [-0.39, 0.29) is 0 Å². The summed E-state index contributed by atoms with van der Waals surface area (Å²) in [6, 6.07) is 3.91. The third-order valence-corrected chi connectivity index (χ3v) is 4.08. The van der Waals surface area contributed by atoms with E-state index in [1.54, 1.807) is 31.0 Å². The van der Waals surface area contributed by atoms with E-state index >= 15 is 0 Å². The van der Waals surface area contributed by atoms with Gasteiger partial charge in [0.25, 0.3) is 0 Å². The van der Waals surface area contributed by atoms with Gasteiger partial charge in [0.2, 0.25) is 0 Å². The highest BCUT2D eigenvalue weighted by atomic mass is 35.5. The number of aromatic nitrogens is 1. The van der Waals surface area contributed by atoms with Crippen LogP contribution in [0.5, 0.6) is 0 Å². The summed E-state index contributed by atoms with van der Waals surface area (Å²) in [5, 5.41) is 14.3. The number of carboxylic acids is 1. The molecule has 0 aliphatic carbocycles. The second-order valence-corrected chi connectivity index (χ2v) is 5.97. The third kappa shape index (κ3) is 3.43. The first-order valence-electron chi connectivity index (χ1n) is 6.61. The zero-order valence-corrected chi connectivity index (χ0v) is 13.9. The lowest BCUT2D eigenvalue weighted by atomic mass is 10.0. The number of aliphatic carboxylic acids is 1. The van der Waals surface area contributed by atoms with E-state index < -0.39 is 12.0 Å². The topological polar surface area (TPSA) is 66.6 Å². The molecule has 2 rings (SSSR count). The molecule has 0 radical (unpaired) electrons. The molecule has 1 unspecified atom stereocenters. The van der Waals surface area contributed by atoms with Gasteiger partial charge in [-0.15, -0.1) is 0 Å². The molecule has 0 saturated heterocycles. The SMILES string of the molecule is Cc1noc(C)c1CN(C)C(C(=O)O)c1ccc(Cl)cc1Cl. The Balaban J connectivity index is 2.33. The van der Waals surface area contributed by atoms with Gasteiger partial charge in [-0.25, -0.2) is 0 Å². The molecule has 1 heterocycles. The van der Waals surface area contributed by atoms with Gasteiger partial charge < -0.3 is 9.63 Å². The molecule has 0 saturated carbocycles. The predicted octanol–water partition coefficient (Wildman–Crippen LogP) is 3.86. The first-order chi connectivity index (χ1) is 10.3. The number of aryl methyl sites for hydroxylation is 2. The number of hydrogen-bond acceptors (Lipinski definition) is 4. The fourth-order valence-electron chi connectivity index (χ4n) is 2.35. The van der Waals surface area contributed by atoms with Crippen molar-refractivity contribution in [3.05, 3.63) is 50.8 Å². The lowest BCUT2D eigenvalue weighted by molar-refractivity contribution is -0.143. The molecule has 0 aliphatic rings. The molecule has 22 heavy (non-hydrogen) atoms. The maximum Gasteiger partial charge on any atom is 0.325 e. The van der Waals surface area contributed by atoms with Crippen molar-refractivity contribution in [2.75, 3.05) is 7.05 Å². The van der Waals surface area contributed by atoms with Crippen molar-refractivity contribution < 1.29 is 14.4 Å². The predicted molar refractivity (Wildman–Crippen MR) is 84.3 cm³/mol. The van der Waals surface area contributed by atoms with Crippen molar-refractivity contribution in [1.29, 1.82) is 0 Å². The van der Waals surface area contributed by atoms with Crippen LogP contribution in [-0.2, 0) is 11.3 Å². The first kappa shape index (κ1) is 16.8. The highest BCUT2D eigenvalue weighted by molar-refractivity contribution is 6.35. The highest BCUT2D eigenvalue weighted by Crippen LogP contribution is 2.31. The zero-order chi connectivity index (χ0) is 16.4. The number of carboxylic acid groups (broad SMARTS) is 1. The summed E-state index contributed by atoms with van der Waals surface area (Å²) in [7, 11) is 1.72. The van der Waals surface area contributed by atoms with Crippen LogP contribution < -0.4 is 0 Å². The van der Waals surface area contributed by atoms with Crippen molar-refractivity contribution in [1.82, 2.24) is 10.1 Å². The minimum absolute atomic E-state index is 0.325. The summed E-state index contributed by atoms with van der Waals surface area (Å²) in [6.07, 6.45) is 0. The number of hydrogen-bond donors (Lipinski definition) is 1. The molecular formula is C15H16Cl2N2O3. The van der Waals surface area contributed by atoms with Gasteiger partial charge in [-0.1, -0.05) is 34.4 Å². The van der Waals surface area contributed by atoms with Crippen LogP contribution >= 0.6 is 23.2 Å². The molecule has 0 amide bonds. The molecular weight excluding hydrogens is 327 g/mol. The van der Waals surface area contributed by atoms with E-state index in [1.807, 2.05) is 6.92 Å². The van der Waals surface area contributed by atoms with Crippen molar-refractivity contribution >= 4 is 29.2 Å². The lowest BCUT2D eigenvalue weighted by Crippen LogP contribution is -2.31. The van der Waals surface area contributed by atoms with Gasteiger partial charge in [-0.3, -0.25) is 9.69 Å². The summed E-state index contributed by atoms with van der Waals surface area (Å²) in [5.41, 5.74) is 2.11. The van der Waals surface area contributed by atoms with Crippen molar-refractivity contribution in [2.45, 2.75) is 26.4 Å². The van der Waals surface area contributed by atoms with E-state index in [0.717, 1.165) is 11.3 Å². The Kier molecular flexibility index (Phi) is 5.11. The Morgan fingerprint density at radius 3 is 2.59 bits per heavy atom. The smallest absolute Gasteiger partial charge is 0.325 e. The Morgan fingerprint density at radius 1 is 1.41 bits per heavy atom. The van der Waals surface area contributed by atoms with Crippen LogP contribution in [0.1, 0.15) is 28.6 Å². The number of carbonyl (C=O) groups is 1. The molecule has 0 bridgehead atoms. The maximum atomic E-state index is 11.7. The molecule has 5 nitrogen and oxygen atoms in total. The van der Waals surface area contributed by atoms with Crippen LogP contribution in [-0.4, -0.2) is 28.2 Å². The summed E-state index contributed by atoms with van der Waals surface area (Å²) in [6.45, 7) is 4.01. The zero-order valence-electron chi connectivity index (χ0n) is 12.4. The second kappa shape index (κ2) is 6.69. The quantitative estimate of drug-likeness (QED) is 0.893. The molecule has 1 atom stereocenters. The molecule has 2 aromatic rings. The monoisotopic (exact) mass is 342 g/mol. The normalized spacial score (nSPS) is 12.6. The largest absolute Gasteiger partial charge is 0.480 e. The Hall–Kier alpha value is -1.56. The molecule has 118 valence electrons. The van der Waals surface area contributed by atoms with E-state index in [1.165, 1.54) is 6.07 Å². The second-order valence-electron chi connectivity index (χ2n) is 5.12. The number of nitrogens with zero attached hydrogens (tertiary/aromatic N) is 2. The van der Waals surface area contributed by atoms with Crippen molar-refractivity contribution in [3.63, 3.8) is 0 Å².